The Morgan fingerprint density at radius 2 is 1.97 bits per heavy atom. The van der Waals surface area contributed by atoms with Gasteiger partial charge in [0.2, 0.25) is 5.91 Å². The highest BCUT2D eigenvalue weighted by Crippen LogP contribution is 2.26. The van der Waals surface area contributed by atoms with E-state index in [-0.39, 0.29) is 5.91 Å². The summed E-state index contributed by atoms with van der Waals surface area (Å²) in [6.45, 7) is 8.54. The van der Waals surface area contributed by atoms with E-state index >= 15 is 0 Å². The van der Waals surface area contributed by atoms with E-state index in [0.717, 1.165) is 36.1 Å². The number of aromatic amines is 1. The van der Waals surface area contributed by atoms with Crippen LogP contribution in [0.25, 0.3) is 10.7 Å². The van der Waals surface area contributed by atoms with Crippen LogP contribution in [-0.2, 0) is 11.3 Å². The van der Waals surface area contributed by atoms with Gasteiger partial charge in [-0.2, -0.15) is 5.10 Å². The van der Waals surface area contributed by atoms with Gasteiger partial charge in [-0.05, 0) is 55.2 Å². The number of aromatic nitrogens is 3. The van der Waals surface area contributed by atoms with Crippen molar-refractivity contribution in [2.75, 3.05) is 32.8 Å². The van der Waals surface area contributed by atoms with Gasteiger partial charge < -0.3 is 9.64 Å². The van der Waals surface area contributed by atoms with Crippen molar-refractivity contribution in [3.63, 3.8) is 0 Å². The minimum atomic E-state index is -0.402. The summed E-state index contributed by atoms with van der Waals surface area (Å²) in [6, 6.07) is 11.8. The minimum absolute atomic E-state index is 0.0797. The number of ether oxygens (including phenoxy) is 1. The topological polar surface area (TPSA) is 66.4 Å². The van der Waals surface area contributed by atoms with Gasteiger partial charge in [0.15, 0.2) is 10.6 Å². The summed E-state index contributed by atoms with van der Waals surface area (Å²) >= 11 is 7.01. The SMILES string of the molecule is CCOc1ccc(CN2CCN(C(=O)C(C)n3c(-c4cccs4)n[nH]c3=S)CC2)cc1. The van der Waals surface area contributed by atoms with Gasteiger partial charge in [0.05, 0.1) is 11.5 Å². The number of nitrogens with zero attached hydrogens (tertiary/aromatic N) is 4. The van der Waals surface area contributed by atoms with Crippen LogP contribution >= 0.6 is 23.6 Å². The molecule has 0 bridgehead atoms. The van der Waals surface area contributed by atoms with Crippen LogP contribution in [0.15, 0.2) is 41.8 Å². The number of benzene rings is 1. The highest BCUT2D eigenvalue weighted by Gasteiger charge is 2.28. The van der Waals surface area contributed by atoms with E-state index in [1.807, 2.05) is 53.0 Å². The van der Waals surface area contributed by atoms with Crippen LogP contribution in [0.5, 0.6) is 5.75 Å². The lowest BCUT2D eigenvalue weighted by atomic mass is 10.1. The second kappa shape index (κ2) is 9.76. The predicted octanol–water partition coefficient (Wildman–Crippen LogP) is 3.97. The maximum absolute atomic E-state index is 13.2. The van der Waals surface area contributed by atoms with E-state index in [4.69, 9.17) is 17.0 Å². The molecule has 1 amide bonds. The fraction of sp³-hybridized carbons (Fsp3) is 0.409. The number of amides is 1. The maximum atomic E-state index is 13.2. The Morgan fingerprint density at radius 3 is 2.61 bits per heavy atom. The van der Waals surface area contributed by atoms with Crippen LogP contribution < -0.4 is 4.74 Å². The summed E-state index contributed by atoms with van der Waals surface area (Å²) in [6.07, 6.45) is 0. The molecule has 1 fully saturated rings. The van der Waals surface area contributed by atoms with Gasteiger partial charge in [0, 0.05) is 32.7 Å². The van der Waals surface area contributed by atoms with Crippen LogP contribution in [-0.4, -0.2) is 63.3 Å². The van der Waals surface area contributed by atoms with Crippen molar-refractivity contribution in [3.8, 4) is 16.5 Å². The number of piperazine rings is 1. The van der Waals surface area contributed by atoms with Crippen molar-refractivity contribution in [2.45, 2.75) is 26.4 Å². The summed E-state index contributed by atoms with van der Waals surface area (Å²) in [5.74, 6) is 1.70. The summed E-state index contributed by atoms with van der Waals surface area (Å²) in [7, 11) is 0. The lowest BCUT2D eigenvalue weighted by Gasteiger charge is -2.36. The fourth-order valence-corrected chi connectivity index (χ4v) is 4.86. The third kappa shape index (κ3) is 4.89. The number of hydrogen-bond donors (Lipinski definition) is 1. The quantitative estimate of drug-likeness (QED) is 0.544. The highest BCUT2D eigenvalue weighted by atomic mass is 32.1. The number of carbonyl (C=O) groups is 1. The molecule has 31 heavy (non-hydrogen) atoms. The monoisotopic (exact) mass is 457 g/mol. The van der Waals surface area contributed by atoms with Gasteiger partial charge in [-0.3, -0.25) is 19.4 Å². The molecule has 0 saturated carbocycles. The normalized spacial score (nSPS) is 15.7. The van der Waals surface area contributed by atoms with E-state index < -0.39 is 6.04 Å². The smallest absolute Gasteiger partial charge is 0.245 e. The average Bonchev–Trinajstić information content (AvgIpc) is 3.44. The second-order valence-electron chi connectivity index (χ2n) is 7.55. The van der Waals surface area contributed by atoms with E-state index in [9.17, 15) is 4.79 Å². The Labute approximate surface area is 191 Å². The number of nitrogens with one attached hydrogen (secondary N) is 1. The van der Waals surface area contributed by atoms with Crippen molar-refractivity contribution in [1.82, 2.24) is 24.6 Å². The Morgan fingerprint density at radius 1 is 1.23 bits per heavy atom. The third-order valence-corrected chi connectivity index (χ3v) is 6.67. The highest BCUT2D eigenvalue weighted by molar-refractivity contribution is 7.71. The fourth-order valence-electron chi connectivity index (χ4n) is 3.86. The van der Waals surface area contributed by atoms with Crippen LogP contribution in [0.4, 0.5) is 0 Å². The van der Waals surface area contributed by atoms with E-state index in [1.54, 1.807) is 11.3 Å². The van der Waals surface area contributed by atoms with Crippen LogP contribution in [0, 0.1) is 4.77 Å². The number of thiophene rings is 1. The first-order chi connectivity index (χ1) is 15.1. The molecule has 3 heterocycles. The first kappa shape index (κ1) is 21.7. The Hall–Kier alpha value is -2.49. The molecule has 1 saturated heterocycles. The Balaban J connectivity index is 1.36. The zero-order valence-electron chi connectivity index (χ0n) is 17.8. The summed E-state index contributed by atoms with van der Waals surface area (Å²) < 4.78 is 7.81. The summed E-state index contributed by atoms with van der Waals surface area (Å²) in [4.78, 5) is 18.5. The van der Waals surface area contributed by atoms with Crippen molar-refractivity contribution >= 4 is 29.5 Å². The van der Waals surface area contributed by atoms with Crippen LogP contribution in [0.3, 0.4) is 0 Å². The molecule has 9 heteroatoms. The van der Waals surface area contributed by atoms with E-state index in [0.29, 0.717) is 24.5 Å². The summed E-state index contributed by atoms with van der Waals surface area (Å²) in [5.41, 5.74) is 1.25. The molecule has 1 N–H and O–H groups in total. The van der Waals surface area contributed by atoms with E-state index in [1.165, 1.54) is 5.56 Å². The van der Waals surface area contributed by atoms with Crippen LogP contribution in [0.2, 0.25) is 0 Å². The van der Waals surface area contributed by atoms with Gasteiger partial charge in [0.25, 0.3) is 0 Å². The van der Waals surface area contributed by atoms with Crippen molar-refractivity contribution in [3.05, 3.63) is 52.1 Å². The molecule has 4 rings (SSSR count). The molecule has 1 aliphatic rings. The minimum Gasteiger partial charge on any atom is -0.494 e. The van der Waals surface area contributed by atoms with Gasteiger partial charge >= 0.3 is 0 Å². The van der Waals surface area contributed by atoms with Crippen molar-refractivity contribution in [1.29, 1.82) is 0 Å². The summed E-state index contributed by atoms with van der Waals surface area (Å²) in [5, 5.41) is 9.19. The maximum Gasteiger partial charge on any atom is 0.245 e. The molecule has 0 spiro atoms. The Bertz CT molecular complexity index is 1050. The van der Waals surface area contributed by atoms with Crippen LogP contribution in [0.1, 0.15) is 25.5 Å². The average molecular weight is 458 g/mol. The lowest BCUT2D eigenvalue weighted by molar-refractivity contribution is -0.136. The first-order valence-electron chi connectivity index (χ1n) is 10.5. The third-order valence-electron chi connectivity index (χ3n) is 5.52. The molecular weight excluding hydrogens is 430 g/mol. The molecular formula is C22H27N5O2S2. The standard InChI is InChI=1S/C22H27N5O2S2/c1-3-29-18-8-6-17(7-9-18)15-25-10-12-26(13-11-25)21(28)16(2)27-20(23-24-22(27)30)19-5-4-14-31-19/h4-9,14,16H,3,10-13,15H2,1-2H3,(H,24,30). The first-order valence-corrected chi connectivity index (χ1v) is 11.8. The molecule has 7 nitrogen and oxygen atoms in total. The molecule has 0 radical (unpaired) electrons. The molecule has 0 aliphatic carbocycles. The zero-order valence-corrected chi connectivity index (χ0v) is 19.4. The van der Waals surface area contributed by atoms with Crippen molar-refractivity contribution < 1.29 is 9.53 Å². The number of H-pyrrole nitrogens is 1. The number of rotatable bonds is 7. The molecule has 1 atom stereocenters. The molecule has 2 aromatic heterocycles. The molecule has 1 aromatic carbocycles. The largest absolute Gasteiger partial charge is 0.494 e. The number of hydrogen-bond acceptors (Lipinski definition) is 6. The van der Waals surface area contributed by atoms with Gasteiger partial charge in [-0.25, -0.2) is 0 Å². The molecule has 1 unspecified atom stereocenters. The van der Waals surface area contributed by atoms with Gasteiger partial charge in [0.1, 0.15) is 11.8 Å². The van der Waals surface area contributed by atoms with Gasteiger partial charge in [-0.15, -0.1) is 11.3 Å². The molecule has 164 valence electrons. The lowest BCUT2D eigenvalue weighted by Crippen LogP contribution is -2.50. The predicted molar refractivity (Wildman–Crippen MR) is 125 cm³/mol. The number of carbonyl (C=O) groups excluding carboxylic acids is 1. The molecule has 1 aliphatic heterocycles. The second-order valence-corrected chi connectivity index (χ2v) is 8.89. The van der Waals surface area contributed by atoms with E-state index in [2.05, 4.69) is 27.2 Å². The van der Waals surface area contributed by atoms with Gasteiger partial charge in [-0.1, -0.05) is 18.2 Å². The zero-order chi connectivity index (χ0) is 21.8. The molecule has 3 aromatic rings. The Kier molecular flexibility index (Phi) is 6.84. The van der Waals surface area contributed by atoms with Crippen molar-refractivity contribution in [2.24, 2.45) is 0 Å².